The monoisotopic (exact) mass is 536 g/mol. The summed E-state index contributed by atoms with van der Waals surface area (Å²) >= 11 is 0. The van der Waals surface area contributed by atoms with E-state index in [9.17, 15) is 18.3 Å². The Balaban J connectivity index is 1.52. The molecule has 1 aromatic heterocycles. The summed E-state index contributed by atoms with van der Waals surface area (Å²) in [5.74, 6) is -0.598. The zero-order valence-corrected chi connectivity index (χ0v) is 22.1. The molecule has 1 aliphatic heterocycles. The fourth-order valence-corrected chi connectivity index (χ4v) is 6.56. The van der Waals surface area contributed by atoms with E-state index in [0.717, 1.165) is 11.1 Å². The largest absolute Gasteiger partial charge is 0.494 e. The molecule has 1 N–H and O–H groups in total. The van der Waals surface area contributed by atoms with Crippen LogP contribution in [0.25, 0.3) is 11.0 Å². The molecule has 10 nitrogen and oxygen atoms in total. The van der Waals surface area contributed by atoms with Gasteiger partial charge in [-0.3, -0.25) is 4.79 Å². The van der Waals surface area contributed by atoms with Gasteiger partial charge >= 0.3 is 5.97 Å². The first-order chi connectivity index (χ1) is 18.2. The van der Waals surface area contributed by atoms with Crippen molar-refractivity contribution in [2.45, 2.75) is 36.8 Å². The number of benzene rings is 3. The van der Waals surface area contributed by atoms with E-state index >= 15 is 0 Å². The summed E-state index contributed by atoms with van der Waals surface area (Å²) in [5, 5.41) is 18.0. The SMILES string of the molecule is COc1cc(C(CC(=O)O)c2cccc(CN3C[C@@H](C)Oc4ccccc4S3(=O)=O)c2)cc2nnn(C)c12. The Morgan fingerprint density at radius 1 is 1.16 bits per heavy atom. The average molecular weight is 537 g/mol. The van der Waals surface area contributed by atoms with Crippen LogP contribution in [0.15, 0.2) is 65.6 Å². The summed E-state index contributed by atoms with van der Waals surface area (Å²) < 4.78 is 41.4. The number of methoxy groups -OCH3 is 1. The number of aryl methyl sites for hydroxylation is 1. The smallest absolute Gasteiger partial charge is 0.304 e. The van der Waals surface area contributed by atoms with Crippen LogP contribution in [-0.2, 0) is 28.4 Å². The maximum Gasteiger partial charge on any atom is 0.304 e. The van der Waals surface area contributed by atoms with Crippen molar-refractivity contribution in [2.24, 2.45) is 7.05 Å². The van der Waals surface area contributed by atoms with Gasteiger partial charge in [-0.1, -0.05) is 41.6 Å². The Bertz CT molecular complexity index is 1620. The standard InChI is InChI=1S/C27H28N4O6S/c1-17-15-31(38(34,35)25-10-5-4-9-23(25)37-17)16-18-7-6-8-19(11-18)21(14-26(32)33)20-12-22-27(24(13-20)36-3)30(2)29-28-22/h4-13,17,21H,14-16H2,1-3H3,(H,32,33)/t17-,21?/m1/s1. The highest BCUT2D eigenvalue weighted by Gasteiger charge is 2.33. The van der Waals surface area contributed by atoms with Gasteiger partial charge in [-0.25, -0.2) is 13.1 Å². The van der Waals surface area contributed by atoms with Crippen LogP contribution in [0.4, 0.5) is 0 Å². The van der Waals surface area contributed by atoms with E-state index in [1.807, 2.05) is 37.3 Å². The van der Waals surface area contributed by atoms with E-state index in [1.54, 1.807) is 49.2 Å². The Hall–Kier alpha value is -3.96. The molecule has 11 heteroatoms. The summed E-state index contributed by atoms with van der Waals surface area (Å²) in [4.78, 5) is 12.0. The number of carbonyl (C=O) groups is 1. The summed E-state index contributed by atoms with van der Waals surface area (Å²) in [6.45, 7) is 2.13. The number of rotatable bonds is 7. The van der Waals surface area contributed by atoms with Crippen molar-refractivity contribution in [2.75, 3.05) is 13.7 Å². The predicted octanol–water partition coefficient (Wildman–Crippen LogP) is 3.56. The molecule has 0 aliphatic carbocycles. The van der Waals surface area contributed by atoms with Gasteiger partial charge in [-0.05, 0) is 47.9 Å². The van der Waals surface area contributed by atoms with Crippen LogP contribution in [0, 0.1) is 0 Å². The number of hydrogen-bond donors (Lipinski definition) is 1. The molecular formula is C27H28N4O6S. The number of aliphatic carboxylic acids is 1. The summed E-state index contributed by atoms with van der Waals surface area (Å²) in [6.07, 6.45) is -0.513. The van der Waals surface area contributed by atoms with E-state index < -0.39 is 21.9 Å². The van der Waals surface area contributed by atoms with Crippen LogP contribution < -0.4 is 9.47 Å². The molecule has 0 bridgehead atoms. The van der Waals surface area contributed by atoms with E-state index in [4.69, 9.17) is 9.47 Å². The van der Waals surface area contributed by atoms with Gasteiger partial charge in [0.25, 0.3) is 0 Å². The van der Waals surface area contributed by atoms with Crippen LogP contribution in [0.3, 0.4) is 0 Å². The number of carboxylic acids is 1. The van der Waals surface area contributed by atoms with Crippen molar-refractivity contribution in [3.8, 4) is 11.5 Å². The van der Waals surface area contributed by atoms with Gasteiger partial charge in [0.15, 0.2) is 0 Å². The average Bonchev–Trinajstić information content (AvgIpc) is 3.23. The van der Waals surface area contributed by atoms with Gasteiger partial charge in [-0.15, -0.1) is 5.10 Å². The molecule has 0 saturated carbocycles. The normalized spacial score (nSPS) is 17.8. The van der Waals surface area contributed by atoms with Gasteiger partial charge in [0, 0.05) is 19.5 Å². The van der Waals surface area contributed by atoms with E-state index in [2.05, 4.69) is 10.3 Å². The van der Waals surface area contributed by atoms with Gasteiger partial charge in [0.05, 0.1) is 20.1 Å². The lowest BCUT2D eigenvalue weighted by Gasteiger charge is -2.23. The molecule has 0 saturated heterocycles. The third-order valence-corrected chi connectivity index (χ3v) is 8.51. The summed E-state index contributed by atoms with van der Waals surface area (Å²) in [7, 11) is -0.500. The third kappa shape index (κ3) is 4.82. The first kappa shape index (κ1) is 25.7. The van der Waals surface area contributed by atoms with E-state index in [0.29, 0.717) is 28.1 Å². The van der Waals surface area contributed by atoms with Crippen molar-refractivity contribution in [3.05, 3.63) is 77.4 Å². The highest BCUT2D eigenvalue weighted by atomic mass is 32.2. The first-order valence-electron chi connectivity index (χ1n) is 12.1. The molecule has 1 aliphatic rings. The number of fused-ring (bicyclic) bond motifs is 2. The highest BCUT2D eigenvalue weighted by Crippen LogP contribution is 2.36. The minimum Gasteiger partial charge on any atom is -0.494 e. The van der Waals surface area contributed by atoms with Gasteiger partial charge in [0.2, 0.25) is 10.0 Å². The van der Waals surface area contributed by atoms with Crippen molar-refractivity contribution < 1.29 is 27.8 Å². The van der Waals surface area contributed by atoms with Crippen LogP contribution in [0.2, 0.25) is 0 Å². The Labute approximate surface area is 220 Å². The Kier molecular flexibility index (Phi) is 6.80. The highest BCUT2D eigenvalue weighted by molar-refractivity contribution is 7.89. The maximum atomic E-state index is 13.5. The van der Waals surface area contributed by atoms with Gasteiger partial charge in [-0.2, -0.15) is 4.31 Å². The molecule has 0 fully saturated rings. The van der Waals surface area contributed by atoms with Crippen LogP contribution in [-0.4, -0.2) is 58.6 Å². The second-order valence-electron chi connectivity index (χ2n) is 9.37. The lowest BCUT2D eigenvalue weighted by Crippen LogP contribution is -2.35. The number of para-hydroxylation sites is 1. The maximum absolute atomic E-state index is 13.5. The summed E-state index contributed by atoms with van der Waals surface area (Å²) in [5.41, 5.74) is 3.50. The van der Waals surface area contributed by atoms with Gasteiger partial charge < -0.3 is 14.6 Å². The third-order valence-electron chi connectivity index (χ3n) is 6.66. The van der Waals surface area contributed by atoms with Crippen molar-refractivity contribution >= 4 is 27.0 Å². The fraction of sp³-hybridized carbons (Fsp3) is 0.296. The van der Waals surface area contributed by atoms with Crippen LogP contribution in [0.5, 0.6) is 11.5 Å². The number of aromatic nitrogens is 3. The fourth-order valence-electron chi connectivity index (χ4n) is 4.93. The minimum absolute atomic E-state index is 0.116. The molecule has 198 valence electrons. The quantitative estimate of drug-likeness (QED) is 0.380. The number of sulfonamides is 1. The molecule has 4 aromatic rings. The zero-order chi connectivity index (χ0) is 27.0. The minimum atomic E-state index is -3.81. The van der Waals surface area contributed by atoms with Crippen LogP contribution in [0.1, 0.15) is 36.0 Å². The predicted molar refractivity (Wildman–Crippen MR) is 140 cm³/mol. The summed E-state index contributed by atoms with van der Waals surface area (Å²) in [6, 6.07) is 17.6. The van der Waals surface area contributed by atoms with Crippen molar-refractivity contribution in [1.82, 2.24) is 19.3 Å². The van der Waals surface area contributed by atoms with Gasteiger partial charge in [0.1, 0.15) is 33.5 Å². The molecule has 0 radical (unpaired) electrons. The number of hydrogen-bond acceptors (Lipinski definition) is 7. The van der Waals surface area contributed by atoms with Crippen LogP contribution >= 0.6 is 0 Å². The molecule has 5 rings (SSSR count). The molecule has 0 spiro atoms. The lowest BCUT2D eigenvalue weighted by molar-refractivity contribution is -0.137. The van der Waals surface area contributed by atoms with Crippen molar-refractivity contribution in [3.63, 3.8) is 0 Å². The zero-order valence-electron chi connectivity index (χ0n) is 21.2. The number of carboxylic acid groups (broad SMARTS) is 1. The molecule has 3 aromatic carbocycles. The second-order valence-corrected chi connectivity index (χ2v) is 11.3. The first-order valence-corrected chi connectivity index (χ1v) is 13.5. The molecule has 0 amide bonds. The second kappa shape index (κ2) is 10.1. The molecule has 38 heavy (non-hydrogen) atoms. The lowest BCUT2D eigenvalue weighted by atomic mass is 9.87. The Morgan fingerprint density at radius 3 is 2.71 bits per heavy atom. The molecule has 1 unspecified atom stereocenters. The molecule has 2 heterocycles. The van der Waals surface area contributed by atoms with E-state index in [1.165, 1.54) is 4.31 Å². The number of ether oxygens (including phenoxy) is 2. The topological polar surface area (TPSA) is 124 Å². The number of nitrogens with zero attached hydrogens (tertiary/aromatic N) is 4. The van der Waals surface area contributed by atoms with E-state index in [-0.39, 0.29) is 30.5 Å². The Morgan fingerprint density at radius 2 is 1.95 bits per heavy atom. The molecule has 2 atom stereocenters. The van der Waals surface area contributed by atoms with Crippen molar-refractivity contribution in [1.29, 1.82) is 0 Å². The molecular weight excluding hydrogens is 508 g/mol.